The molecule has 6 heteroatoms. The summed E-state index contributed by atoms with van der Waals surface area (Å²) in [5.74, 6) is -3.55. The van der Waals surface area contributed by atoms with Gasteiger partial charge < -0.3 is 5.21 Å². The van der Waals surface area contributed by atoms with Gasteiger partial charge in [0, 0.05) is 31.6 Å². The molecule has 2 unspecified atom stereocenters. The first kappa shape index (κ1) is 16.0. The number of hydroxylamine groups is 1. The highest BCUT2D eigenvalue weighted by molar-refractivity contribution is 5.27. The molecule has 1 saturated heterocycles. The van der Waals surface area contributed by atoms with Crippen LogP contribution >= 0.6 is 0 Å². The maximum atomic E-state index is 14.0. The van der Waals surface area contributed by atoms with Crippen LogP contribution in [0, 0.1) is 17.5 Å². The van der Waals surface area contributed by atoms with E-state index in [2.05, 4.69) is 5.48 Å². The van der Waals surface area contributed by atoms with E-state index >= 15 is 0 Å². The highest BCUT2D eigenvalue weighted by atomic mass is 19.2. The summed E-state index contributed by atoms with van der Waals surface area (Å²) in [5.41, 5.74) is 3.33. The standard InChI is InChI=1S/C17H17F3N2O/c18-14-7-16(20)15(19)6-12(14)13-9-22(10-17(13)21-23)8-11-4-2-1-3-5-11/h1-7,13,17,21,23H,8-10H2. The highest BCUT2D eigenvalue weighted by Crippen LogP contribution is 2.31. The monoisotopic (exact) mass is 322 g/mol. The molecule has 1 heterocycles. The third kappa shape index (κ3) is 3.39. The Morgan fingerprint density at radius 2 is 1.70 bits per heavy atom. The van der Waals surface area contributed by atoms with E-state index in [9.17, 15) is 18.4 Å². The SMILES string of the molecule is ONC1CN(Cc2ccccc2)CC1c1cc(F)c(F)cc1F. The minimum Gasteiger partial charge on any atom is -0.316 e. The predicted molar refractivity (Wildman–Crippen MR) is 79.5 cm³/mol. The molecular formula is C17H17F3N2O. The van der Waals surface area contributed by atoms with Gasteiger partial charge in [-0.15, -0.1) is 0 Å². The summed E-state index contributed by atoms with van der Waals surface area (Å²) in [5, 5.41) is 9.33. The molecule has 0 spiro atoms. The first-order valence-electron chi connectivity index (χ1n) is 7.39. The van der Waals surface area contributed by atoms with Gasteiger partial charge in [-0.2, -0.15) is 0 Å². The summed E-state index contributed by atoms with van der Waals surface area (Å²) in [7, 11) is 0. The van der Waals surface area contributed by atoms with Crippen molar-refractivity contribution >= 4 is 0 Å². The summed E-state index contributed by atoms with van der Waals surface area (Å²) < 4.78 is 40.6. The molecule has 0 bridgehead atoms. The Morgan fingerprint density at radius 1 is 1.00 bits per heavy atom. The maximum absolute atomic E-state index is 14.0. The van der Waals surface area contributed by atoms with Gasteiger partial charge in [-0.1, -0.05) is 30.3 Å². The summed E-state index contributed by atoms with van der Waals surface area (Å²) in [6.07, 6.45) is 0. The van der Waals surface area contributed by atoms with Crippen molar-refractivity contribution in [2.75, 3.05) is 13.1 Å². The van der Waals surface area contributed by atoms with E-state index in [1.54, 1.807) is 0 Å². The van der Waals surface area contributed by atoms with Crippen molar-refractivity contribution in [2.24, 2.45) is 0 Å². The number of hydrogen-bond donors (Lipinski definition) is 2. The molecule has 0 saturated carbocycles. The smallest absolute Gasteiger partial charge is 0.161 e. The Labute approximate surface area is 132 Å². The van der Waals surface area contributed by atoms with Crippen LogP contribution in [0.4, 0.5) is 13.2 Å². The van der Waals surface area contributed by atoms with E-state index in [0.29, 0.717) is 25.7 Å². The van der Waals surface area contributed by atoms with Gasteiger partial charge in [0.05, 0.1) is 6.04 Å². The topological polar surface area (TPSA) is 35.5 Å². The van der Waals surface area contributed by atoms with Gasteiger partial charge in [-0.3, -0.25) is 4.90 Å². The van der Waals surface area contributed by atoms with Crippen molar-refractivity contribution in [3.05, 3.63) is 71.0 Å². The molecule has 2 aromatic rings. The normalized spacial score (nSPS) is 21.7. The Kier molecular flexibility index (Phi) is 4.66. The van der Waals surface area contributed by atoms with E-state index in [0.717, 1.165) is 11.6 Å². The van der Waals surface area contributed by atoms with Crippen LogP contribution in [0.5, 0.6) is 0 Å². The number of benzene rings is 2. The van der Waals surface area contributed by atoms with Crippen molar-refractivity contribution in [1.82, 2.24) is 10.4 Å². The minimum atomic E-state index is -1.21. The average molecular weight is 322 g/mol. The second-order valence-corrected chi connectivity index (χ2v) is 5.81. The molecule has 0 aliphatic carbocycles. The number of nitrogens with zero attached hydrogens (tertiary/aromatic N) is 1. The lowest BCUT2D eigenvalue weighted by atomic mass is 9.94. The second-order valence-electron chi connectivity index (χ2n) is 5.81. The lowest BCUT2D eigenvalue weighted by Gasteiger charge is -2.18. The van der Waals surface area contributed by atoms with Crippen LogP contribution in [0.25, 0.3) is 0 Å². The molecule has 0 radical (unpaired) electrons. The van der Waals surface area contributed by atoms with Crippen LogP contribution in [0.1, 0.15) is 17.0 Å². The number of rotatable bonds is 4. The van der Waals surface area contributed by atoms with Gasteiger partial charge in [0.1, 0.15) is 5.82 Å². The van der Waals surface area contributed by atoms with Crippen LogP contribution in [0.2, 0.25) is 0 Å². The van der Waals surface area contributed by atoms with Gasteiger partial charge in [0.15, 0.2) is 11.6 Å². The van der Waals surface area contributed by atoms with E-state index in [1.807, 2.05) is 35.2 Å². The van der Waals surface area contributed by atoms with Gasteiger partial charge in [-0.25, -0.2) is 18.7 Å². The lowest BCUT2D eigenvalue weighted by Crippen LogP contribution is -2.33. The van der Waals surface area contributed by atoms with Gasteiger partial charge in [0.25, 0.3) is 0 Å². The first-order chi connectivity index (χ1) is 11.1. The fraction of sp³-hybridized carbons (Fsp3) is 0.294. The van der Waals surface area contributed by atoms with Crippen LogP contribution in [-0.4, -0.2) is 29.2 Å². The van der Waals surface area contributed by atoms with E-state index in [4.69, 9.17) is 0 Å². The Morgan fingerprint density at radius 3 is 2.39 bits per heavy atom. The van der Waals surface area contributed by atoms with Gasteiger partial charge >= 0.3 is 0 Å². The molecule has 2 atom stereocenters. The predicted octanol–water partition coefficient (Wildman–Crippen LogP) is 3.05. The molecule has 0 amide bonds. The van der Waals surface area contributed by atoms with Crippen molar-refractivity contribution < 1.29 is 18.4 Å². The van der Waals surface area contributed by atoms with E-state index < -0.39 is 29.4 Å². The summed E-state index contributed by atoms with van der Waals surface area (Å²) in [6.45, 7) is 1.56. The summed E-state index contributed by atoms with van der Waals surface area (Å²) in [4.78, 5) is 2.04. The van der Waals surface area contributed by atoms with E-state index in [-0.39, 0.29) is 5.56 Å². The second kappa shape index (κ2) is 6.70. The molecule has 1 aliphatic heterocycles. The largest absolute Gasteiger partial charge is 0.316 e. The fourth-order valence-electron chi connectivity index (χ4n) is 3.12. The zero-order chi connectivity index (χ0) is 16.4. The summed E-state index contributed by atoms with van der Waals surface area (Å²) >= 11 is 0. The number of hydrogen-bond acceptors (Lipinski definition) is 3. The molecule has 0 aromatic heterocycles. The fourth-order valence-corrected chi connectivity index (χ4v) is 3.12. The Hall–Kier alpha value is -1.89. The maximum Gasteiger partial charge on any atom is 0.161 e. The number of likely N-dealkylation sites (tertiary alicyclic amines) is 1. The molecule has 23 heavy (non-hydrogen) atoms. The third-order valence-electron chi connectivity index (χ3n) is 4.25. The Balaban J connectivity index is 1.81. The molecule has 2 N–H and O–H groups in total. The van der Waals surface area contributed by atoms with Crippen molar-refractivity contribution in [3.8, 4) is 0 Å². The first-order valence-corrected chi connectivity index (χ1v) is 7.39. The van der Waals surface area contributed by atoms with E-state index in [1.165, 1.54) is 0 Å². The van der Waals surface area contributed by atoms with Crippen molar-refractivity contribution in [3.63, 3.8) is 0 Å². The quantitative estimate of drug-likeness (QED) is 0.671. The van der Waals surface area contributed by atoms with Gasteiger partial charge in [0.2, 0.25) is 0 Å². The highest BCUT2D eigenvalue weighted by Gasteiger charge is 2.35. The van der Waals surface area contributed by atoms with Crippen LogP contribution in [-0.2, 0) is 6.54 Å². The number of nitrogens with one attached hydrogen (secondary N) is 1. The van der Waals surface area contributed by atoms with Crippen molar-refractivity contribution in [2.45, 2.75) is 18.5 Å². The molecule has 3 rings (SSSR count). The van der Waals surface area contributed by atoms with Crippen molar-refractivity contribution in [1.29, 1.82) is 0 Å². The molecule has 1 aliphatic rings. The molecule has 122 valence electrons. The Bertz CT molecular complexity index is 681. The molecule has 2 aromatic carbocycles. The van der Waals surface area contributed by atoms with Crippen LogP contribution in [0.15, 0.2) is 42.5 Å². The molecule has 1 fully saturated rings. The van der Waals surface area contributed by atoms with Crippen LogP contribution in [0.3, 0.4) is 0 Å². The number of halogens is 3. The lowest BCUT2D eigenvalue weighted by molar-refractivity contribution is 0.121. The third-order valence-corrected chi connectivity index (χ3v) is 4.25. The molecule has 3 nitrogen and oxygen atoms in total. The average Bonchev–Trinajstić information content (AvgIpc) is 2.94. The van der Waals surface area contributed by atoms with Crippen LogP contribution < -0.4 is 5.48 Å². The minimum absolute atomic E-state index is 0.0750. The summed E-state index contributed by atoms with van der Waals surface area (Å²) in [6, 6.07) is 10.7. The van der Waals surface area contributed by atoms with Gasteiger partial charge in [-0.05, 0) is 17.2 Å². The molecular weight excluding hydrogens is 305 g/mol. The zero-order valence-corrected chi connectivity index (χ0v) is 12.3. The zero-order valence-electron chi connectivity index (χ0n) is 12.3.